The minimum Gasteiger partial charge on any atom is -0.457 e. The number of aromatic nitrogens is 1. The highest BCUT2D eigenvalue weighted by Crippen LogP contribution is 2.25. The van der Waals surface area contributed by atoms with Crippen LogP contribution in [-0.2, 0) is 4.79 Å². The van der Waals surface area contributed by atoms with E-state index in [1.165, 1.54) is 18.3 Å². The SMILES string of the molecule is CC(=O)Nc1nc(C(=O)Nc2ccc(Oc3ccc(Br)cc3)cc2)cs1. The van der Waals surface area contributed by atoms with Gasteiger partial charge >= 0.3 is 0 Å². The highest BCUT2D eigenvalue weighted by Gasteiger charge is 2.12. The Kier molecular flexibility index (Phi) is 5.65. The van der Waals surface area contributed by atoms with E-state index in [0.717, 1.165) is 10.2 Å². The van der Waals surface area contributed by atoms with E-state index in [1.54, 1.807) is 29.6 Å². The number of amides is 2. The topological polar surface area (TPSA) is 80.3 Å². The molecule has 0 spiro atoms. The van der Waals surface area contributed by atoms with Gasteiger partial charge in [0, 0.05) is 22.5 Å². The second-order valence-electron chi connectivity index (χ2n) is 5.25. The smallest absolute Gasteiger partial charge is 0.275 e. The molecule has 0 atom stereocenters. The minimum absolute atomic E-state index is 0.229. The Balaban J connectivity index is 1.61. The van der Waals surface area contributed by atoms with Crippen molar-refractivity contribution in [2.24, 2.45) is 0 Å². The highest BCUT2D eigenvalue weighted by molar-refractivity contribution is 9.10. The van der Waals surface area contributed by atoms with Crippen LogP contribution in [0, 0.1) is 0 Å². The van der Waals surface area contributed by atoms with E-state index in [1.807, 2.05) is 24.3 Å². The van der Waals surface area contributed by atoms with Gasteiger partial charge in [-0.3, -0.25) is 9.59 Å². The van der Waals surface area contributed by atoms with Crippen molar-refractivity contribution in [3.05, 3.63) is 64.1 Å². The Hall–Kier alpha value is -2.71. The van der Waals surface area contributed by atoms with Gasteiger partial charge in [-0.15, -0.1) is 11.3 Å². The number of hydrogen-bond acceptors (Lipinski definition) is 5. The number of carbonyl (C=O) groups is 2. The summed E-state index contributed by atoms with van der Waals surface area (Å²) in [5.74, 6) is 0.803. The van der Waals surface area contributed by atoms with E-state index in [4.69, 9.17) is 4.74 Å². The third-order valence-electron chi connectivity index (χ3n) is 3.18. The first-order chi connectivity index (χ1) is 12.5. The van der Waals surface area contributed by atoms with Gasteiger partial charge in [-0.1, -0.05) is 15.9 Å². The van der Waals surface area contributed by atoms with Crippen LogP contribution in [0.4, 0.5) is 10.8 Å². The summed E-state index contributed by atoms with van der Waals surface area (Å²) in [6.07, 6.45) is 0. The molecule has 0 aliphatic heterocycles. The number of halogens is 1. The van der Waals surface area contributed by atoms with Crippen LogP contribution < -0.4 is 15.4 Å². The fourth-order valence-corrected chi connectivity index (χ4v) is 3.03. The molecule has 0 aliphatic carbocycles. The molecule has 3 aromatic rings. The first kappa shape index (κ1) is 18.1. The first-order valence-corrected chi connectivity index (χ1v) is 9.25. The first-order valence-electron chi connectivity index (χ1n) is 7.57. The fourth-order valence-electron chi connectivity index (χ4n) is 2.03. The Morgan fingerprint density at radius 1 is 1.00 bits per heavy atom. The maximum absolute atomic E-state index is 12.2. The molecule has 0 aliphatic rings. The summed E-state index contributed by atoms with van der Waals surface area (Å²) >= 11 is 4.57. The molecule has 1 aromatic heterocycles. The number of benzene rings is 2. The predicted octanol–water partition coefficient (Wildman–Crippen LogP) is 4.91. The largest absolute Gasteiger partial charge is 0.457 e. The summed E-state index contributed by atoms with van der Waals surface area (Å²) in [4.78, 5) is 27.3. The van der Waals surface area contributed by atoms with Crippen molar-refractivity contribution in [3.8, 4) is 11.5 Å². The van der Waals surface area contributed by atoms with Crippen LogP contribution in [0.2, 0.25) is 0 Å². The van der Waals surface area contributed by atoms with Crippen molar-refractivity contribution in [2.75, 3.05) is 10.6 Å². The molecule has 8 heteroatoms. The van der Waals surface area contributed by atoms with E-state index in [2.05, 4.69) is 31.5 Å². The molecule has 0 saturated carbocycles. The van der Waals surface area contributed by atoms with Crippen LogP contribution in [-0.4, -0.2) is 16.8 Å². The van der Waals surface area contributed by atoms with Crippen molar-refractivity contribution in [1.29, 1.82) is 0 Å². The summed E-state index contributed by atoms with van der Waals surface area (Å²) in [7, 11) is 0. The van der Waals surface area contributed by atoms with Gasteiger partial charge in [-0.25, -0.2) is 4.98 Å². The summed E-state index contributed by atoms with van der Waals surface area (Å²) in [6.45, 7) is 1.39. The van der Waals surface area contributed by atoms with Crippen LogP contribution >= 0.6 is 27.3 Å². The number of hydrogen-bond donors (Lipinski definition) is 2. The summed E-state index contributed by atoms with van der Waals surface area (Å²) in [5.41, 5.74) is 0.862. The molecule has 2 aromatic carbocycles. The fraction of sp³-hybridized carbons (Fsp3) is 0.0556. The molecule has 0 radical (unpaired) electrons. The van der Waals surface area contributed by atoms with Gasteiger partial charge in [-0.05, 0) is 48.5 Å². The lowest BCUT2D eigenvalue weighted by Crippen LogP contribution is -2.13. The van der Waals surface area contributed by atoms with Crippen LogP contribution in [0.1, 0.15) is 17.4 Å². The van der Waals surface area contributed by atoms with Gasteiger partial charge in [0.15, 0.2) is 5.13 Å². The molecule has 132 valence electrons. The summed E-state index contributed by atoms with van der Waals surface area (Å²) in [6, 6.07) is 14.5. The van der Waals surface area contributed by atoms with E-state index < -0.39 is 0 Å². The third kappa shape index (κ3) is 4.90. The quantitative estimate of drug-likeness (QED) is 0.601. The normalized spacial score (nSPS) is 10.2. The standard InChI is InChI=1S/C18H14BrN3O3S/c1-11(23)20-18-22-16(10-26-18)17(24)21-13-4-8-15(9-5-13)25-14-6-2-12(19)3-7-14/h2-10H,1H3,(H,21,24)(H,20,22,23). The molecule has 26 heavy (non-hydrogen) atoms. The number of nitrogens with zero attached hydrogens (tertiary/aromatic N) is 1. The Morgan fingerprint density at radius 2 is 1.62 bits per heavy atom. The number of ether oxygens (including phenoxy) is 1. The predicted molar refractivity (Wildman–Crippen MR) is 105 cm³/mol. The number of anilines is 2. The number of thiazole rings is 1. The molecule has 0 fully saturated rings. The molecule has 0 saturated heterocycles. The van der Waals surface area contributed by atoms with Crippen molar-refractivity contribution >= 4 is 49.9 Å². The number of nitrogens with one attached hydrogen (secondary N) is 2. The second-order valence-corrected chi connectivity index (χ2v) is 7.03. The Morgan fingerprint density at radius 3 is 2.23 bits per heavy atom. The number of rotatable bonds is 5. The van der Waals surface area contributed by atoms with Crippen molar-refractivity contribution < 1.29 is 14.3 Å². The average molecular weight is 432 g/mol. The summed E-state index contributed by atoms with van der Waals surface area (Å²) < 4.78 is 6.71. The van der Waals surface area contributed by atoms with E-state index in [0.29, 0.717) is 16.6 Å². The van der Waals surface area contributed by atoms with Crippen molar-refractivity contribution in [3.63, 3.8) is 0 Å². The van der Waals surface area contributed by atoms with Crippen LogP contribution in [0.3, 0.4) is 0 Å². The maximum Gasteiger partial charge on any atom is 0.275 e. The van der Waals surface area contributed by atoms with Crippen molar-refractivity contribution in [2.45, 2.75) is 6.92 Å². The van der Waals surface area contributed by atoms with Gasteiger partial charge in [0.1, 0.15) is 17.2 Å². The second kappa shape index (κ2) is 8.11. The monoisotopic (exact) mass is 431 g/mol. The van der Waals surface area contributed by atoms with Gasteiger partial charge in [0.25, 0.3) is 5.91 Å². The molecule has 0 unspecified atom stereocenters. The zero-order chi connectivity index (χ0) is 18.5. The minimum atomic E-state index is -0.348. The molecular formula is C18H14BrN3O3S. The lowest BCUT2D eigenvalue weighted by Gasteiger charge is -2.07. The molecule has 2 N–H and O–H groups in total. The Bertz CT molecular complexity index is 924. The van der Waals surface area contributed by atoms with Gasteiger partial charge in [0.05, 0.1) is 0 Å². The molecule has 2 amide bonds. The lowest BCUT2D eigenvalue weighted by atomic mass is 10.3. The zero-order valence-corrected chi connectivity index (χ0v) is 16.1. The maximum atomic E-state index is 12.2. The zero-order valence-electron chi connectivity index (χ0n) is 13.7. The molecule has 3 rings (SSSR count). The van der Waals surface area contributed by atoms with Gasteiger partial charge in [-0.2, -0.15) is 0 Å². The number of carbonyl (C=O) groups excluding carboxylic acids is 2. The Labute approximate surface area is 162 Å². The molecule has 0 bridgehead atoms. The van der Waals surface area contributed by atoms with E-state index in [-0.39, 0.29) is 17.5 Å². The molecule has 6 nitrogen and oxygen atoms in total. The van der Waals surface area contributed by atoms with Crippen LogP contribution in [0.15, 0.2) is 58.4 Å². The molecular weight excluding hydrogens is 418 g/mol. The third-order valence-corrected chi connectivity index (χ3v) is 4.47. The van der Waals surface area contributed by atoms with Crippen LogP contribution in [0.25, 0.3) is 0 Å². The van der Waals surface area contributed by atoms with Crippen LogP contribution in [0.5, 0.6) is 11.5 Å². The van der Waals surface area contributed by atoms with E-state index >= 15 is 0 Å². The lowest BCUT2D eigenvalue weighted by molar-refractivity contribution is -0.114. The molecule has 1 heterocycles. The highest BCUT2D eigenvalue weighted by atomic mass is 79.9. The van der Waals surface area contributed by atoms with Gasteiger partial charge in [0.2, 0.25) is 5.91 Å². The van der Waals surface area contributed by atoms with Crippen molar-refractivity contribution in [1.82, 2.24) is 4.98 Å². The van der Waals surface area contributed by atoms with E-state index in [9.17, 15) is 9.59 Å². The van der Waals surface area contributed by atoms with Gasteiger partial charge < -0.3 is 15.4 Å². The average Bonchev–Trinajstić information content (AvgIpc) is 3.06. The summed E-state index contributed by atoms with van der Waals surface area (Å²) in [5, 5.41) is 7.28.